The second kappa shape index (κ2) is 10.4. The topological polar surface area (TPSA) is 65.5 Å². The van der Waals surface area contributed by atoms with Crippen LogP contribution in [0.3, 0.4) is 0 Å². The number of nitrogens with zero attached hydrogens (tertiary/aromatic N) is 4. The predicted molar refractivity (Wildman–Crippen MR) is 136 cm³/mol. The van der Waals surface area contributed by atoms with Crippen LogP contribution < -0.4 is 0 Å². The smallest absolute Gasteiger partial charge is 0.338 e. The molecule has 1 saturated heterocycles. The normalized spacial score (nSPS) is 21.2. The molecule has 1 unspecified atom stereocenters. The number of carbonyl (C=O) groups is 2. The number of esters is 1. The molecule has 1 aromatic rings. The summed E-state index contributed by atoms with van der Waals surface area (Å²) in [5, 5.41) is 2.82. The zero-order valence-corrected chi connectivity index (χ0v) is 21.5. The lowest BCUT2D eigenvalue weighted by atomic mass is 9.92. The summed E-state index contributed by atoms with van der Waals surface area (Å²) in [6.07, 6.45) is 2.87. The van der Waals surface area contributed by atoms with E-state index in [1.54, 1.807) is 0 Å². The van der Waals surface area contributed by atoms with Crippen molar-refractivity contribution in [3.63, 3.8) is 0 Å². The van der Waals surface area contributed by atoms with Gasteiger partial charge >= 0.3 is 5.97 Å². The number of amides is 1. The number of carbonyl (C=O) groups excluding carboxylic acids is 2. The molecular formula is C26H34N4O3S. The Hall–Kier alpha value is -2.58. The fourth-order valence-electron chi connectivity index (χ4n) is 4.93. The van der Waals surface area contributed by atoms with Crippen molar-refractivity contribution >= 4 is 28.8 Å². The van der Waals surface area contributed by atoms with E-state index in [1.165, 1.54) is 18.9 Å². The first-order valence-electron chi connectivity index (χ1n) is 11.9. The molecule has 4 rings (SSSR count). The lowest BCUT2D eigenvalue weighted by molar-refractivity contribution is -0.136. The van der Waals surface area contributed by atoms with E-state index in [0.717, 1.165) is 53.6 Å². The fourth-order valence-corrected chi connectivity index (χ4v) is 5.87. The summed E-state index contributed by atoms with van der Waals surface area (Å²) in [5.74, 6) is -0.285. The number of allylic oxidation sites excluding steroid dienone is 1. The standard InChI is InChI=1S/C26H34N4O3S/c1-6-21-23(25(32)33-5)24(18-9-7-8-17(2)14-18)30-20(16-34-26(30)27-21)15-22(31)29(4)19-10-12-28(3)13-11-19/h7-9,14,16,19,24H,6,10-13,15H2,1-5H3. The van der Waals surface area contributed by atoms with Crippen LogP contribution in [-0.2, 0) is 14.3 Å². The van der Waals surface area contributed by atoms with Crippen LogP contribution in [0.2, 0.25) is 0 Å². The Bertz CT molecular complexity index is 1060. The summed E-state index contributed by atoms with van der Waals surface area (Å²) < 4.78 is 5.20. The predicted octanol–water partition coefficient (Wildman–Crippen LogP) is 4.08. The minimum Gasteiger partial charge on any atom is -0.466 e. The first kappa shape index (κ1) is 24.5. The van der Waals surface area contributed by atoms with Crippen LogP contribution in [0.25, 0.3) is 0 Å². The number of rotatable bonds is 6. The number of hydrogen-bond acceptors (Lipinski definition) is 7. The molecule has 0 aromatic heterocycles. The maximum Gasteiger partial charge on any atom is 0.338 e. The van der Waals surface area contributed by atoms with Gasteiger partial charge in [-0.1, -0.05) is 48.5 Å². The van der Waals surface area contributed by atoms with E-state index in [1.807, 2.05) is 49.4 Å². The van der Waals surface area contributed by atoms with Crippen molar-refractivity contribution in [2.75, 3.05) is 34.3 Å². The van der Waals surface area contributed by atoms with Crippen molar-refractivity contribution in [3.8, 4) is 0 Å². The van der Waals surface area contributed by atoms with Crippen LogP contribution in [0.15, 0.2) is 51.6 Å². The number of amidine groups is 1. The van der Waals surface area contributed by atoms with Crippen molar-refractivity contribution in [1.82, 2.24) is 14.7 Å². The van der Waals surface area contributed by atoms with Gasteiger partial charge in [0.05, 0.1) is 30.8 Å². The van der Waals surface area contributed by atoms with Gasteiger partial charge in [-0.15, -0.1) is 0 Å². The summed E-state index contributed by atoms with van der Waals surface area (Å²) in [6.45, 7) is 6.05. The monoisotopic (exact) mass is 482 g/mol. The maximum atomic E-state index is 13.3. The number of likely N-dealkylation sites (tertiary alicyclic amines) is 1. The van der Waals surface area contributed by atoms with Crippen molar-refractivity contribution in [1.29, 1.82) is 0 Å². The molecule has 182 valence electrons. The molecule has 1 aromatic carbocycles. The molecule has 1 atom stereocenters. The van der Waals surface area contributed by atoms with E-state index in [2.05, 4.69) is 22.9 Å². The molecule has 0 aliphatic carbocycles. The van der Waals surface area contributed by atoms with Gasteiger partial charge in [-0.05, 0) is 57.3 Å². The number of aliphatic imine (C=N–C) groups is 1. The molecule has 0 radical (unpaired) electrons. The Balaban J connectivity index is 1.65. The van der Waals surface area contributed by atoms with Gasteiger partial charge < -0.3 is 19.4 Å². The molecule has 34 heavy (non-hydrogen) atoms. The largest absolute Gasteiger partial charge is 0.466 e. The van der Waals surface area contributed by atoms with Crippen LogP contribution >= 0.6 is 11.8 Å². The molecule has 3 heterocycles. The molecule has 7 nitrogen and oxygen atoms in total. The van der Waals surface area contributed by atoms with Gasteiger partial charge in [0.15, 0.2) is 5.17 Å². The van der Waals surface area contributed by atoms with Crippen molar-refractivity contribution in [2.24, 2.45) is 4.99 Å². The Morgan fingerprint density at radius 1 is 1.26 bits per heavy atom. The van der Waals surface area contributed by atoms with Gasteiger partial charge in [0.25, 0.3) is 0 Å². The third-order valence-corrected chi connectivity index (χ3v) is 7.84. The Kier molecular flexibility index (Phi) is 7.48. The number of piperidine rings is 1. The lowest BCUT2D eigenvalue weighted by Gasteiger charge is -2.38. The Morgan fingerprint density at radius 3 is 2.65 bits per heavy atom. The minimum absolute atomic E-state index is 0.0931. The molecule has 0 bridgehead atoms. The second-order valence-electron chi connectivity index (χ2n) is 9.23. The van der Waals surface area contributed by atoms with E-state index < -0.39 is 0 Å². The molecule has 3 aliphatic heterocycles. The van der Waals surface area contributed by atoms with Crippen molar-refractivity contribution in [2.45, 2.75) is 51.6 Å². The molecule has 0 spiro atoms. The highest BCUT2D eigenvalue weighted by molar-refractivity contribution is 8.16. The third kappa shape index (κ3) is 4.79. The summed E-state index contributed by atoms with van der Waals surface area (Å²) in [4.78, 5) is 37.4. The highest BCUT2D eigenvalue weighted by Gasteiger charge is 2.42. The Labute approximate surface area is 206 Å². The number of fused-ring (bicyclic) bond motifs is 1. The Morgan fingerprint density at radius 2 is 2.00 bits per heavy atom. The van der Waals surface area contributed by atoms with Crippen LogP contribution in [0, 0.1) is 6.92 Å². The van der Waals surface area contributed by atoms with Gasteiger partial charge in [0.2, 0.25) is 5.91 Å². The lowest BCUT2D eigenvalue weighted by Crippen LogP contribution is -2.45. The van der Waals surface area contributed by atoms with Gasteiger partial charge in [-0.25, -0.2) is 9.79 Å². The number of methoxy groups -OCH3 is 1. The summed E-state index contributed by atoms with van der Waals surface area (Å²) >= 11 is 1.52. The zero-order chi connectivity index (χ0) is 24.4. The van der Waals surface area contributed by atoms with Crippen LogP contribution in [0.5, 0.6) is 0 Å². The molecule has 0 saturated carbocycles. The van der Waals surface area contributed by atoms with E-state index in [9.17, 15) is 9.59 Å². The van der Waals surface area contributed by atoms with Gasteiger partial charge in [-0.2, -0.15) is 0 Å². The van der Waals surface area contributed by atoms with Crippen LogP contribution in [0.4, 0.5) is 0 Å². The first-order chi connectivity index (χ1) is 16.3. The molecule has 3 aliphatic rings. The first-order valence-corrected chi connectivity index (χ1v) is 12.8. The molecule has 8 heteroatoms. The van der Waals surface area contributed by atoms with Gasteiger partial charge in [0, 0.05) is 18.8 Å². The third-order valence-electron chi connectivity index (χ3n) is 6.95. The van der Waals surface area contributed by atoms with Gasteiger partial charge in [0.1, 0.15) is 0 Å². The molecule has 1 amide bonds. The average molecular weight is 483 g/mol. The fraction of sp³-hybridized carbons (Fsp3) is 0.500. The second-order valence-corrected chi connectivity index (χ2v) is 10.1. The molecular weight excluding hydrogens is 448 g/mol. The number of hydrogen-bond donors (Lipinski definition) is 0. The van der Waals surface area contributed by atoms with E-state index in [0.29, 0.717) is 12.0 Å². The highest BCUT2D eigenvalue weighted by Crippen LogP contribution is 2.45. The number of thioether (sulfide) groups is 1. The number of aryl methyl sites for hydroxylation is 1. The van der Waals surface area contributed by atoms with E-state index in [-0.39, 0.29) is 30.4 Å². The maximum absolute atomic E-state index is 13.3. The number of benzene rings is 1. The minimum atomic E-state index is -0.378. The van der Waals surface area contributed by atoms with Crippen LogP contribution in [-0.4, -0.2) is 72.1 Å². The molecule has 0 N–H and O–H groups in total. The molecule has 1 fully saturated rings. The summed E-state index contributed by atoms with van der Waals surface area (Å²) in [5.41, 5.74) is 4.25. The average Bonchev–Trinajstić information content (AvgIpc) is 3.24. The van der Waals surface area contributed by atoms with E-state index >= 15 is 0 Å². The summed E-state index contributed by atoms with van der Waals surface area (Å²) in [6, 6.07) is 8.05. The van der Waals surface area contributed by atoms with Gasteiger partial charge in [-0.3, -0.25) is 4.79 Å². The van der Waals surface area contributed by atoms with Crippen molar-refractivity contribution < 1.29 is 14.3 Å². The highest BCUT2D eigenvalue weighted by atomic mass is 32.2. The number of ether oxygens (including phenoxy) is 1. The quantitative estimate of drug-likeness (QED) is 0.570. The summed E-state index contributed by atoms with van der Waals surface area (Å²) in [7, 11) is 5.45. The van der Waals surface area contributed by atoms with Crippen molar-refractivity contribution in [3.05, 3.63) is 57.8 Å². The SMILES string of the molecule is CCC1=C(C(=O)OC)C(c2cccc(C)c2)N2C(CC(=O)N(C)C3CCN(C)CC3)=CSC2=N1. The van der Waals surface area contributed by atoms with E-state index in [4.69, 9.17) is 9.73 Å². The zero-order valence-electron chi connectivity index (χ0n) is 20.7. The van der Waals surface area contributed by atoms with Crippen LogP contribution in [0.1, 0.15) is 49.8 Å².